The smallest absolute Gasteiger partial charge is 0.298 e. The van der Waals surface area contributed by atoms with Crippen molar-refractivity contribution in [2.45, 2.75) is 0 Å². The normalized spacial score (nSPS) is 10.8. The first-order chi connectivity index (χ1) is 12.3. The molecule has 5 heteroatoms. The minimum Gasteiger partial charge on any atom is -0.468 e. The molecule has 2 aromatic carbocycles. The maximum absolute atomic E-state index is 12.4. The molecule has 1 N–H and O–H groups in total. The summed E-state index contributed by atoms with van der Waals surface area (Å²) in [6, 6.07) is 20.2. The molecule has 122 valence electrons. The summed E-state index contributed by atoms with van der Waals surface area (Å²) < 4.78 is 5.01. The van der Waals surface area contributed by atoms with Crippen LogP contribution in [0.2, 0.25) is 0 Å². The van der Waals surface area contributed by atoms with Crippen LogP contribution in [0.3, 0.4) is 0 Å². The number of hydrogen-bond acceptors (Lipinski definition) is 4. The Morgan fingerprint density at radius 2 is 1.56 bits per heavy atom. The first-order valence-electron chi connectivity index (χ1n) is 7.85. The number of aromatic amines is 1. The van der Waals surface area contributed by atoms with Crippen molar-refractivity contribution in [2.75, 3.05) is 7.11 Å². The minimum atomic E-state index is -0.267. The maximum atomic E-state index is 12.4. The summed E-state index contributed by atoms with van der Waals surface area (Å²) in [5.74, 6) is 0. The van der Waals surface area contributed by atoms with Gasteiger partial charge in [0, 0.05) is 6.20 Å². The van der Waals surface area contributed by atoms with E-state index in [4.69, 9.17) is 4.74 Å². The summed E-state index contributed by atoms with van der Waals surface area (Å²) in [6.45, 7) is 0. The van der Waals surface area contributed by atoms with Gasteiger partial charge in [-0.05, 0) is 28.3 Å². The Bertz CT molecular complexity index is 1090. The highest BCUT2D eigenvalue weighted by atomic mass is 16.5. The Morgan fingerprint density at radius 3 is 2.28 bits per heavy atom. The Kier molecular flexibility index (Phi) is 3.74. The van der Waals surface area contributed by atoms with E-state index in [9.17, 15) is 4.79 Å². The summed E-state index contributed by atoms with van der Waals surface area (Å²) in [4.78, 5) is 23.5. The van der Waals surface area contributed by atoms with Gasteiger partial charge in [-0.1, -0.05) is 54.6 Å². The van der Waals surface area contributed by atoms with Crippen LogP contribution in [0.4, 0.5) is 0 Å². The van der Waals surface area contributed by atoms with E-state index in [0.29, 0.717) is 11.0 Å². The molecule has 0 saturated carbocycles. The maximum Gasteiger partial charge on any atom is 0.298 e. The van der Waals surface area contributed by atoms with Crippen molar-refractivity contribution >= 4 is 11.0 Å². The molecule has 0 saturated heterocycles. The highest BCUT2D eigenvalue weighted by Crippen LogP contribution is 2.27. The van der Waals surface area contributed by atoms with Crippen LogP contribution in [0.5, 0.6) is 6.01 Å². The average molecular weight is 329 g/mol. The van der Waals surface area contributed by atoms with Crippen molar-refractivity contribution in [1.29, 1.82) is 0 Å². The van der Waals surface area contributed by atoms with Gasteiger partial charge in [0.2, 0.25) is 0 Å². The molecule has 0 amide bonds. The molecule has 0 bridgehead atoms. The lowest BCUT2D eigenvalue weighted by Gasteiger charge is -2.08. The van der Waals surface area contributed by atoms with Crippen LogP contribution in [-0.4, -0.2) is 22.1 Å². The van der Waals surface area contributed by atoms with E-state index in [1.54, 1.807) is 6.20 Å². The number of nitrogens with zero attached hydrogens (tertiary/aromatic N) is 2. The molecule has 4 aromatic rings. The Hall–Kier alpha value is -3.47. The third-order valence-electron chi connectivity index (χ3n) is 4.08. The van der Waals surface area contributed by atoms with Crippen LogP contribution in [-0.2, 0) is 0 Å². The van der Waals surface area contributed by atoms with Gasteiger partial charge in [-0.25, -0.2) is 4.98 Å². The van der Waals surface area contributed by atoms with Crippen LogP contribution < -0.4 is 10.3 Å². The van der Waals surface area contributed by atoms with E-state index in [2.05, 4.69) is 27.1 Å². The van der Waals surface area contributed by atoms with Crippen LogP contribution in [0.15, 0.2) is 71.7 Å². The van der Waals surface area contributed by atoms with Crippen LogP contribution in [0.25, 0.3) is 33.3 Å². The lowest BCUT2D eigenvalue weighted by Crippen LogP contribution is -2.11. The minimum absolute atomic E-state index is 0.154. The molecule has 0 aliphatic carbocycles. The molecule has 2 aromatic heterocycles. The summed E-state index contributed by atoms with van der Waals surface area (Å²) in [7, 11) is 1.45. The van der Waals surface area contributed by atoms with Crippen molar-refractivity contribution in [3.8, 4) is 28.3 Å². The molecule has 0 atom stereocenters. The summed E-state index contributed by atoms with van der Waals surface area (Å²) >= 11 is 0. The van der Waals surface area contributed by atoms with Gasteiger partial charge in [-0.15, -0.1) is 0 Å². The number of benzene rings is 2. The molecular formula is C20H15N3O2. The highest BCUT2D eigenvalue weighted by molar-refractivity contribution is 5.92. The SMILES string of the molecule is COc1nc2nccc(-c3ccc(-c4ccccc4)cc3)c2c(=O)[nH]1. The second-order valence-corrected chi connectivity index (χ2v) is 5.58. The van der Waals surface area contributed by atoms with Gasteiger partial charge in [-0.2, -0.15) is 4.98 Å². The number of hydrogen-bond donors (Lipinski definition) is 1. The fraction of sp³-hybridized carbons (Fsp3) is 0.0500. The second kappa shape index (κ2) is 6.20. The summed E-state index contributed by atoms with van der Waals surface area (Å²) in [5, 5.41) is 0.454. The van der Waals surface area contributed by atoms with E-state index >= 15 is 0 Å². The van der Waals surface area contributed by atoms with E-state index in [0.717, 1.165) is 22.3 Å². The zero-order valence-electron chi connectivity index (χ0n) is 13.6. The quantitative estimate of drug-likeness (QED) is 0.623. The Labute approximate surface area is 144 Å². The number of fused-ring (bicyclic) bond motifs is 1. The first kappa shape index (κ1) is 15.1. The topological polar surface area (TPSA) is 67.9 Å². The van der Waals surface area contributed by atoms with E-state index in [1.165, 1.54) is 7.11 Å². The molecule has 0 aliphatic heterocycles. The molecule has 5 nitrogen and oxygen atoms in total. The van der Waals surface area contributed by atoms with Crippen molar-refractivity contribution in [3.05, 3.63) is 77.2 Å². The summed E-state index contributed by atoms with van der Waals surface area (Å²) in [5.41, 5.74) is 4.10. The average Bonchev–Trinajstić information content (AvgIpc) is 2.68. The van der Waals surface area contributed by atoms with Crippen LogP contribution >= 0.6 is 0 Å². The highest BCUT2D eigenvalue weighted by Gasteiger charge is 2.11. The Morgan fingerprint density at radius 1 is 0.880 bits per heavy atom. The molecule has 0 aliphatic rings. The lowest BCUT2D eigenvalue weighted by atomic mass is 9.99. The standard InChI is InChI=1S/C20H15N3O2/c1-25-20-22-18-17(19(24)23-20)16(11-12-21-18)15-9-7-14(8-10-15)13-5-3-2-4-6-13/h2-12H,1H3,(H,21,22,23,24). The van der Waals surface area contributed by atoms with Gasteiger partial charge in [0.15, 0.2) is 5.65 Å². The largest absolute Gasteiger partial charge is 0.468 e. The third-order valence-corrected chi connectivity index (χ3v) is 4.08. The van der Waals surface area contributed by atoms with E-state index in [-0.39, 0.29) is 11.6 Å². The number of pyridine rings is 1. The molecule has 25 heavy (non-hydrogen) atoms. The van der Waals surface area contributed by atoms with Crippen molar-refractivity contribution < 1.29 is 4.74 Å². The zero-order chi connectivity index (χ0) is 17.2. The predicted molar refractivity (Wildman–Crippen MR) is 97.6 cm³/mol. The van der Waals surface area contributed by atoms with Gasteiger partial charge in [-0.3, -0.25) is 9.78 Å². The molecule has 4 rings (SSSR count). The lowest BCUT2D eigenvalue weighted by molar-refractivity contribution is 0.380. The van der Waals surface area contributed by atoms with Gasteiger partial charge in [0.25, 0.3) is 11.6 Å². The van der Waals surface area contributed by atoms with Crippen molar-refractivity contribution in [1.82, 2.24) is 15.0 Å². The molecule has 0 fully saturated rings. The Balaban J connectivity index is 1.84. The van der Waals surface area contributed by atoms with Gasteiger partial charge in [0.1, 0.15) is 0 Å². The fourth-order valence-electron chi connectivity index (χ4n) is 2.85. The third kappa shape index (κ3) is 2.76. The predicted octanol–water partition coefficient (Wildman–Crippen LogP) is 3.66. The molecule has 2 heterocycles. The molecule has 0 spiro atoms. The van der Waals surface area contributed by atoms with Gasteiger partial charge >= 0.3 is 0 Å². The van der Waals surface area contributed by atoms with Gasteiger partial charge in [0.05, 0.1) is 12.5 Å². The van der Waals surface area contributed by atoms with Crippen LogP contribution in [0.1, 0.15) is 0 Å². The molecular weight excluding hydrogens is 314 g/mol. The molecule has 0 unspecified atom stereocenters. The second-order valence-electron chi connectivity index (χ2n) is 5.58. The molecule has 0 radical (unpaired) electrons. The monoisotopic (exact) mass is 329 g/mol. The number of methoxy groups -OCH3 is 1. The fourth-order valence-corrected chi connectivity index (χ4v) is 2.85. The van der Waals surface area contributed by atoms with Gasteiger partial charge < -0.3 is 4.74 Å². The van der Waals surface area contributed by atoms with E-state index < -0.39 is 0 Å². The number of ether oxygens (including phenoxy) is 1. The number of H-pyrrole nitrogens is 1. The zero-order valence-corrected chi connectivity index (χ0v) is 13.6. The van der Waals surface area contributed by atoms with E-state index in [1.807, 2.05) is 48.5 Å². The first-order valence-corrected chi connectivity index (χ1v) is 7.85. The van der Waals surface area contributed by atoms with Crippen molar-refractivity contribution in [2.24, 2.45) is 0 Å². The summed E-state index contributed by atoms with van der Waals surface area (Å²) in [6.07, 6.45) is 1.65. The van der Waals surface area contributed by atoms with Crippen molar-refractivity contribution in [3.63, 3.8) is 0 Å². The van der Waals surface area contributed by atoms with Crippen LogP contribution in [0, 0.1) is 0 Å². The number of aromatic nitrogens is 3. The number of nitrogens with one attached hydrogen (secondary N) is 1. The number of rotatable bonds is 3.